The highest BCUT2D eigenvalue weighted by Gasteiger charge is 1.95. The first-order valence-corrected chi connectivity index (χ1v) is 3.66. The van der Waals surface area contributed by atoms with Crippen LogP contribution in [0.3, 0.4) is 0 Å². The van der Waals surface area contributed by atoms with Gasteiger partial charge in [-0.25, -0.2) is 4.98 Å². The van der Waals surface area contributed by atoms with E-state index in [-0.39, 0.29) is 5.91 Å². The fraction of sp³-hybridized carbons (Fsp3) is 0.111. The Morgan fingerprint density at radius 1 is 1.50 bits per heavy atom. The number of rotatable bonds is 2. The van der Waals surface area contributed by atoms with Gasteiger partial charge < -0.3 is 0 Å². The third-order valence-electron chi connectivity index (χ3n) is 1.30. The summed E-state index contributed by atoms with van der Waals surface area (Å²) in [5, 5.41) is 0. The van der Waals surface area contributed by atoms with Gasteiger partial charge in [0.25, 0.3) is 5.91 Å². The van der Waals surface area contributed by atoms with Gasteiger partial charge >= 0.3 is 0 Å². The van der Waals surface area contributed by atoms with Gasteiger partial charge in [0, 0.05) is 18.5 Å². The van der Waals surface area contributed by atoms with Crippen molar-refractivity contribution in [3.63, 3.8) is 0 Å². The molecule has 0 saturated heterocycles. The van der Waals surface area contributed by atoms with Gasteiger partial charge in [-0.3, -0.25) is 9.36 Å². The maximum atomic E-state index is 11.2. The molecule has 0 unspecified atom stereocenters. The highest BCUT2D eigenvalue weighted by atomic mass is 16.1. The monoisotopic (exact) mass is 162 g/mol. The minimum absolute atomic E-state index is 0.0920. The van der Waals surface area contributed by atoms with Crippen molar-refractivity contribution in [2.45, 2.75) is 6.92 Å². The lowest BCUT2D eigenvalue weighted by Gasteiger charge is -1.90. The highest BCUT2D eigenvalue weighted by molar-refractivity contribution is 5.89. The van der Waals surface area contributed by atoms with E-state index in [0.29, 0.717) is 0 Å². The van der Waals surface area contributed by atoms with Gasteiger partial charge in [0.2, 0.25) is 0 Å². The van der Waals surface area contributed by atoms with E-state index in [9.17, 15) is 4.79 Å². The molecule has 1 aromatic heterocycles. The lowest BCUT2D eigenvalue weighted by molar-refractivity contribution is 0.0969. The summed E-state index contributed by atoms with van der Waals surface area (Å²) in [6, 6.07) is 0. The van der Waals surface area contributed by atoms with Crippen molar-refractivity contribution in [1.29, 1.82) is 0 Å². The van der Waals surface area contributed by atoms with Crippen LogP contribution in [0.5, 0.6) is 0 Å². The Bertz CT molecular complexity index is 296. The molecule has 1 rings (SSSR count). The number of carbonyl (C=O) groups is 1. The Balaban J connectivity index is 2.61. The minimum Gasteiger partial charge on any atom is -0.273 e. The first-order valence-electron chi connectivity index (χ1n) is 3.66. The standard InChI is InChI=1S/C9H10N2O/c1-2-3-4-5-9(12)11-7-6-10-8-11/h2-8H,1H3/b3-2+,5-4+. The zero-order valence-electron chi connectivity index (χ0n) is 6.84. The van der Waals surface area contributed by atoms with Crippen molar-refractivity contribution in [2.24, 2.45) is 0 Å². The van der Waals surface area contributed by atoms with Crippen LogP contribution in [-0.2, 0) is 0 Å². The molecule has 3 heteroatoms. The molecular formula is C9H10N2O. The highest BCUT2D eigenvalue weighted by Crippen LogP contribution is 1.88. The number of carbonyl (C=O) groups excluding carboxylic acids is 1. The second kappa shape index (κ2) is 4.28. The van der Waals surface area contributed by atoms with E-state index in [1.807, 2.05) is 13.0 Å². The average Bonchev–Trinajstić information content (AvgIpc) is 2.56. The van der Waals surface area contributed by atoms with Crippen molar-refractivity contribution in [1.82, 2.24) is 9.55 Å². The van der Waals surface area contributed by atoms with E-state index >= 15 is 0 Å². The number of aromatic nitrogens is 2. The Morgan fingerprint density at radius 2 is 2.33 bits per heavy atom. The summed E-state index contributed by atoms with van der Waals surface area (Å²) < 4.78 is 1.42. The summed E-state index contributed by atoms with van der Waals surface area (Å²) in [4.78, 5) is 14.9. The van der Waals surface area contributed by atoms with Crippen LogP contribution in [0.25, 0.3) is 0 Å². The van der Waals surface area contributed by atoms with E-state index in [4.69, 9.17) is 0 Å². The lowest BCUT2D eigenvalue weighted by atomic mass is 10.4. The van der Waals surface area contributed by atoms with Crippen molar-refractivity contribution < 1.29 is 4.79 Å². The number of hydrogen-bond donors (Lipinski definition) is 0. The molecule has 62 valence electrons. The van der Waals surface area contributed by atoms with Crippen LogP contribution in [0.15, 0.2) is 43.0 Å². The van der Waals surface area contributed by atoms with Gasteiger partial charge in [-0.1, -0.05) is 18.2 Å². The molecule has 0 fully saturated rings. The summed E-state index contributed by atoms with van der Waals surface area (Å²) in [5.74, 6) is -0.0920. The SMILES string of the molecule is C/C=C/C=C/C(=O)n1ccnc1. The van der Waals surface area contributed by atoms with Crippen molar-refractivity contribution in [2.75, 3.05) is 0 Å². The first-order chi connectivity index (χ1) is 5.84. The van der Waals surface area contributed by atoms with Crippen LogP contribution in [0.1, 0.15) is 11.7 Å². The van der Waals surface area contributed by atoms with Crippen LogP contribution in [0, 0.1) is 0 Å². The summed E-state index contributed by atoms with van der Waals surface area (Å²) in [5.41, 5.74) is 0. The molecule has 0 saturated carbocycles. The van der Waals surface area contributed by atoms with Crippen molar-refractivity contribution in [3.05, 3.63) is 43.0 Å². The molecule has 0 aliphatic carbocycles. The van der Waals surface area contributed by atoms with Crippen LogP contribution >= 0.6 is 0 Å². The summed E-state index contributed by atoms with van der Waals surface area (Å²) in [6.45, 7) is 1.89. The fourth-order valence-electron chi connectivity index (χ4n) is 0.725. The second-order valence-electron chi connectivity index (χ2n) is 2.19. The van der Waals surface area contributed by atoms with E-state index in [0.717, 1.165) is 0 Å². The van der Waals surface area contributed by atoms with E-state index in [2.05, 4.69) is 4.98 Å². The Labute approximate surface area is 71.0 Å². The number of nitrogens with zero attached hydrogens (tertiary/aromatic N) is 2. The van der Waals surface area contributed by atoms with Crippen LogP contribution < -0.4 is 0 Å². The van der Waals surface area contributed by atoms with Gasteiger partial charge in [0.15, 0.2) is 0 Å². The minimum atomic E-state index is -0.0920. The maximum Gasteiger partial charge on any atom is 0.255 e. The largest absolute Gasteiger partial charge is 0.273 e. The fourth-order valence-corrected chi connectivity index (χ4v) is 0.725. The van der Waals surface area contributed by atoms with E-state index in [1.54, 1.807) is 24.5 Å². The Hall–Kier alpha value is -1.64. The zero-order valence-corrected chi connectivity index (χ0v) is 6.84. The molecule has 1 heterocycles. The normalized spacial score (nSPS) is 11.4. The van der Waals surface area contributed by atoms with E-state index in [1.165, 1.54) is 17.0 Å². The van der Waals surface area contributed by atoms with Crippen LogP contribution in [0.2, 0.25) is 0 Å². The van der Waals surface area contributed by atoms with E-state index < -0.39 is 0 Å². The molecule has 0 N–H and O–H groups in total. The summed E-state index contributed by atoms with van der Waals surface area (Å²) in [7, 11) is 0. The molecule has 0 spiro atoms. The molecular weight excluding hydrogens is 152 g/mol. The Morgan fingerprint density at radius 3 is 2.92 bits per heavy atom. The maximum absolute atomic E-state index is 11.2. The third-order valence-corrected chi connectivity index (χ3v) is 1.30. The predicted molar refractivity (Wildman–Crippen MR) is 46.8 cm³/mol. The molecule has 0 bridgehead atoms. The predicted octanol–water partition coefficient (Wildman–Crippen LogP) is 1.66. The second-order valence-corrected chi connectivity index (χ2v) is 2.19. The first kappa shape index (κ1) is 8.46. The summed E-state index contributed by atoms with van der Waals surface area (Å²) >= 11 is 0. The zero-order chi connectivity index (χ0) is 8.81. The lowest BCUT2D eigenvalue weighted by Crippen LogP contribution is -2.03. The quantitative estimate of drug-likeness (QED) is 0.489. The van der Waals surface area contributed by atoms with Gasteiger partial charge in [-0.05, 0) is 6.92 Å². The molecule has 0 aromatic carbocycles. The smallest absolute Gasteiger partial charge is 0.255 e. The van der Waals surface area contributed by atoms with Crippen LogP contribution in [0.4, 0.5) is 0 Å². The number of hydrogen-bond acceptors (Lipinski definition) is 2. The molecule has 0 aliphatic heterocycles. The molecule has 0 aliphatic rings. The van der Waals surface area contributed by atoms with Crippen molar-refractivity contribution >= 4 is 5.91 Å². The molecule has 3 nitrogen and oxygen atoms in total. The molecule has 0 radical (unpaired) electrons. The Kier molecular flexibility index (Phi) is 3.02. The molecule has 0 atom stereocenters. The average molecular weight is 162 g/mol. The number of allylic oxidation sites excluding steroid dienone is 4. The van der Waals surface area contributed by atoms with Gasteiger partial charge in [-0.15, -0.1) is 0 Å². The van der Waals surface area contributed by atoms with Crippen LogP contribution in [-0.4, -0.2) is 15.5 Å². The van der Waals surface area contributed by atoms with Gasteiger partial charge in [0.05, 0.1) is 0 Å². The van der Waals surface area contributed by atoms with Gasteiger partial charge in [0.1, 0.15) is 6.33 Å². The molecule has 12 heavy (non-hydrogen) atoms. The third kappa shape index (κ3) is 2.20. The van der Waals surface area contributed by atoms with Crippen molar-refractivity contribution in [3.8, 4) is 0 Å². The molecule has 0 amide bonds. The topological polar surface area (TPSA) is 34.9 Å². The molecule has 1 aromatic rings. The summed E-state index contributed by atoms with van der Waals surface area (Å²) in [6.07, 6.45) is 11.5. The number of imidazole rings is 1. The van der Waals surface area contributed by atoms with Gasteiger partial charge in [-0.2, -0.15) is 0 Å².